The van der Waals surface area contributed by atoms with Crippen LogP contribution in [0.3, 0.4) is 0 Å². The Morgan fingerprint density at radius 3 is 2.62 bits per heavy atom. The van der Waals surface area contributed by atoms with Gasteiger partial charge in [-0.2, -0.15) is 0 Å². The summed E-state index contributed by atoms with van der Waals surface area (Å²) >= 11 is 0. The maximum absolute atomic E-state index is 12.0. The van der Waals surface area contributed by atoms with Gasteiger partial charge in [-0.1, -0.05) is 51.5 Å². The second kappa shape index (κ2) is 10.7. The number of para-hydroxylation sites is 2. The first-order chi connectivity index (χ1) is 15.3. The van der Waals surface area contributed by atoms with Crippen molar-refractivity contribution in [2.75, 3.05) is 13.2 Å². The molecule has 0 aliphatic carbocycles. The molecule has 2 aromatic carbocycles. The lowest BCUT2D eigenvalue weighted by Gasteiger charge is -2.17. The molecule has 172 valence electrons. The summed E-state index contributed by atoms with van der Waals surface area (Å²) in [5, 5.41) is 3.03. The Morgan fingerprint density at radius 2 is 1.84 bits per heavy atom. The first kappa shape index (κ1) is 23.8. The van der Waals surface area contributed by atoms with Crippen molar-refractivity contribution in [3.63, 3.8) is 0 Å². The van der Waals surface area contributed by atoms with Crippen LogP contribution >= 0.6 is 0 Å². The maximum atomic E-state index is 12.0. The molecule has 5 heteroatoms. The van der Waals surface area contributed by atoms with Gasteiger partial charge < -0.3 is 14.6 Å². The molecule has 0 radical (unpaired) electrons. The van der Waals surface area contributed by atoms with Crippen LogP contribution in [-0.2, 0) is 17.8 Å². The van der Waals surface area contributed by atoms with Crippen molar-refractivity contribution in [1.29, 1.82) is 0 Å². The molecule has 3 rings (SSSR count). The quantitative estimate of drug-likeness (QED) is 0.421. The molecule has 1 amide bonds. The topological polar surface area (TPSA) is 56.1 Å². The predicted octanol–water partition coefficient (Wildman–Crippen LogP) is 5.61. The molecular formula is C27H37N3O2. The van der Waals surface area contributed by atoms with Gasteiger partial charge in [-0.25, -0.2) is 4.98 Å². The second-order valence-corrected chi connectivity index (χ2v) is 9.60. The average Bonchev–Trinajstić information content (AvgIpc) is 3.09. The summed E-state index contributed by atoms with van der Waals surface area (Å²) in [7, 11) is 0. The fourth-order valence-electron chi connectivity index (χ4n) is 3.73. The van der Waals surface area contributed by atoms with E-state index in [1.165, 1.54) is 5.56 Å². The number of aryl methyl sites for hydroxylation is 3. The highest BCUT2D eigenvalue weighted by Gasteiger charge is 2.20. The number of unbranched alkanes of at least 4 members (excludes halogenated alkanes) is 2. The number of benzene rings is 2. The van der Waals surface area contributed by atoms with Gasteiger partial charge >= 0.3 is 0 Å². The third-order valence-corrected chi connectivity index (χ3v) is 5.69. The number of nitrogens with one attached hydrogen (secondary N) is 1. The largest absolute Gasteiger partial charge is 0.491 e. The zero-order valence-electron chi connectivity index (χ0n) is 20.2. The van der Waals surface area contributed by atoms with Gasteiger partial charge in [0.05, 0.1) is 17.6 Å². The van der Waals surface area contributed by atoms with Crippen molar-refractivity contribution in [3.8, 4) is 5.75 Å². The lowest BCUT2D eigenvalue weighted by molar-refractivity contribution is -0.128. The van der Waals surface area contributed by atoms with E-state index in [9.17, 15) is 4.79 Å². The Labute approximate surface area is 192 Å². The molecule has 32 heavy (non-hydrogen) atoms. The Morgan fingerprint density at radius 1 is 1.06 bits per heavy atom. The van der Waals surface area contributed by atoms with Gasteiger partial charge in [0.1, 0.15) is 18.2 Å². The number of ether oxygens (including phenoxy) is 1. The van der Waals surface area contributed by atoms with E-state index in [4.69, 9.17) is 9.72 Å². The fourth-order valence-corrected chi connectivity index (χ4v) is 3.73. The van der Waals surface area contributed by atoms with E-state index in [1.807, 2.05) is 26.8 Å². The van der Waals surface area contributed by atoms with Gasteiger partial charge in [-0.05, 0) is 56.0 Å². The smallest absolute Gasteiger partial charge is 0.225 e. The van der Waals surface area contributed by atoms with Gasteiger partial charge in [-0.15, -0.1) is 0 Å². The molecule has 0 atom stereocenters. The van der Waals surface area contributed by atoms with E-state index in [0.29, 0.717) is 6.61 Å². The summed E-state index contributed by atoms with van der Waals surface area (Å²) in [6.07, 6.45) is 4.02. The first-order valence-corrected chi connectivity index (χ1v) is 11.7. The monoisotopic (exact) mass is 435 g/mol. The van der Waals surface area contributed by atoms with Crippen LogP contribution in [0, 0.1) is 19.3 Å². The number of hydrogen-bond acceptors (Lipinski definition) is 3. The summed E-state index contributed by atoms with van der Waals surface area (Å²) in [6.45, 7) is 12.1. The molecule has 0 spiro atoms. The second-order valence-electron chi connectivity index (χ2n) is 9.60. The average molecular weight is 436 g/mol. The van der Waals surface area contributed by atoms with Crippen molar-refractivity contribution >= 4 is 16.9 Å². The number of rotatable bonds is 10. The zero-order chi connectivity index (χ0) is 23.1. The van der Waals surface area contributed by atoms with Gasteiger partial charge in [0, 0.05) is 18.4 Å². The van der Waals surface area contributed by atoms with E-state index < -0.39 is 0 Å². The molecule has 0 aliphatic heterocycles. The normalized spacial score (nSPS) is 11.7. The third-order valence-electron chi connectivity index (χ3n) is 5.69. The van der Waals surface area contributed by atoms with Crippen molar-refractivity contribution in [1.82, 2.24) is 14.9 Å². The molecule has 1 N–H and O–H groups in total. The summed E-state index contributed by atoms with van der Waals surface area (Å²) < 4.78 is 8.41. The van der Waals surface area contributed by atoms with E-state index >= 15 is 0 Å². The van der Waals surface area contributed by atoms with Gasteiger partial charge in [0.25, 0.3) is 0 Å². The van der Waals surface area contributed by atoms with Crippen molar-refractivity contribution < 1.29 is 9.53 Å². The van der Waals surface area contributed by atoms with E-state index in [2.05, 4.69) is 60.1 Å². The number of hydrogen-bond donors (Lipinski definition) is 1. The highest BCUT2D eigenvalue weighted by Crippen LogP contribution is 2.21. The highest BCUT2D eigenvalue weighted by molar-refractivity contribution is 5.81. The zero-order valence-corrected chi connectivity index (χ0v) is 20.2. The SMILES string of the molecule is Cc1ccc(C)c(OCCn2c(CCCCCNC(=O)C(C)(C)C)nc3ccccc32)c1. The van der Waals surface area contributed by atoms with E-state index in [0.717, 1.165) is 66.9 Å². The summed E-state index contributed by atoms with van der Waals surface area (Å²) in [4.78, 5) is 16.9. The van der Waals surface area contributed by atoms with Crippen LogP contribution in [-0.4, -0.2) is 28.6 Å². The minimum Gasteiger partial charge on any atom is -0.491 e. The number of nitrogens with zero attached hydrogens (tertiary/aromatic N) is 2. The van der Waals surface area contributed by atoms with E-state index in [-0.39, 0.29) is 11.3 Å². The molecule has 3 aromatic rings. The van der Waals surface area contributed by atoms with Gasteiger partial charge in [0.2, 0.25) is 5.91 Å². The molecule has 0 fully saturated rings. The third kappa shape index (κ3) is 6.35. The van der Waals surface area contributed by atoms with Gasteiger partial charge in [0.15, 0.2) is 0 Å². The highest BCUT2D eigenvalue weighted by atomic mass is 16.5. The van der Waals surface area contributed by atoms with Crippen molar-refractivity contribution in [2.24, 2.45) is 5.41 Å². The molecular weight excluding hydrogens is 398 g/mol. The van der Waals surface area contributed by atoms with Crippen LogP contribution in [0.5, 0.6) is 5.75 Å². The van der Waals surface area contributed by atoms with Gasteiger partial charge in [-0.3, -0.25) is 4.79 Å². The number of fused-ring (bicyclic) bond motifs is 1. The summed E-state index contributed by atoms with van der Waals surface area (Å²) in [5.74, 6) is 2.17. The predicted molar refractivity (Wildman–Crippen MR) is 131 cm³/mol. The minimum absolute atomic E-state index is 0.114. The lowest BCUT2D eigenvalue weighted by Crippen LogP contribution is -2.35. The summed E-state index contributed by atoms with van der Waals surface area (Å²) in [6, 6.07) is 14.6. The number of carbonyl (C=O) groups excluding carboxylic acids is 1. The number of carbonyl (C=O) groups is 1. The molecule has 1 heterocycles. The lowest BCUT2D eigenvalue weighted by atomic mass is 9.96. The minimum atomic E-state index is -0.329. The molecule has 0 unspecified atom stereocenters. The molecule has 5 nitrogen and oxygen atoms in total. The molecule has 1 aromatic heterocycles. The Kier molecular flexibility index (Phi) is 7.94. The standard InChI is InChI=1S/C27H37N3O2/c1-20-14-15-21(2)24(19-20)32-18-17-30-23-12-9-8-11-22(23)29-25(30)13-7-6-10-16-28-26(31)27(3,4)5/h8-9,11-12,14-15,19H,6-7,10,13,16-18H2,1-5H3,(H,28,31). The van der Waals surface area contributed by atoms with Crippen LogP contribution in [0.1, 0.15) is 57.0 Å². The molecule has 0 saturated heterocycles. The van der Waals surface area contributed by atoms with E-state index in [1.54, 1.807) is 0 Å². The van der Waals surface area contributed by atoms with Crippen LogP contribution < -0.4 is 10.1 Å². The Bertz CT molecular complexity index is 1050. The van der Waals surface area contributed by atoms with Crippen LogP contribution in [0.15, 0.2) is 42.5 Å². The Hall–Kier alpha value is -2.82. The van der Waals surface area contributed by atoms with Crippen LogP contribution in [0.2, 0.25) is 0 Å². The first-order valence-electron chi connectivity index (χ1n) is 11.7. The number of aromatic nitrogens is 2. The van der Waals surface area contributed by atoms with Crippen molar-refractivity contribution in [3.05, 3.63) is 59.4 Å². The maximum Gasteiger partial charge on any atom is 0.225 e. The van der Waals surface area contributed by atoms with Crippen molar-refractivity contribution in [2.45, 2.75) is 66.8 Å². The molecule has 0 saturated carbocycles. The number of amides is 1. The van der Waals surface area contributed by atoms with Crippen LogP contribution in [0.4, 0.5) is 0 Å². The Balaban J connectivity index is 1.56. The van der Waals surface area contributed by atoms with Crippen LogP contribution in [0.25, 0.3) is 11.0 Å². The fraction of sp³-hybridized carbons (Fsp3) is 0.481. The summed E-state index contributed by atoms with van der Waals surface area (Å²) in [5.41, 5.74) is 4.23. The molecule has 0 aliphatic rings. The molecule has 0 bridgehead atoms. The number of imidazole rings is 1.